The maximum absolute atomic E-state index is 13.4. The minimum Gasteiger partial charge on any atom is -0.493 e. The van der Waals surface area contributed by atoms with Crippen LogP contribution in [0.25, 0.3) is 0 Å². The molecule has 5 heteroatoms. The second-order valence-corrected chi connectivity index (χ2v) is 3.70. The SMILES string of the molecule is COc1c(C(C)(C)N=C=O)ccc(F)c1F. The van der Waals surface area contributed by atoms with E-state index in [0.29, 0.717) is 0 Å². The lowest BCUT2D eigenvalue weighted by Crippen LogP contribution is -2.16. The smallest absolute Gasteiger partial charge is 0.235 e. The Bertz CT molecular complexity index is 452. The predicted octanol–water partition coefficient (Wildman–Crippen LogP) is 2.54. The van der Waals surface area contributed by atoms with Crippen LogP contribution >= 0.6 is 0 Å². The minimum atomic E-state index is -1.09. The van der Waals surface area contributed by atoms with Crippen molar-refractivity contribution < 1.29 is 18.3 Å². The molecule has 1 aromatic rings. The van der Waals surface area contributed by atoms with Crippen LogP contribution in [0, 0.1) is 11.6 Å². The van der Waals surface area contributed by atoms with E-state index in [-0.39, 0.29) is 11.3 Å². The average Bonchev–Trinajstić information content (AvgIpc) is 2.21. The van der Waals surface area contributed by atoms with Gasteiger partial charge in [-0.1, -0.05) is 0 Å². The van der Waals surface area contributed by atoms with Crippen LogP contribution in [0.15, 0.2) is 17.1 Å². The molecule has 0 heterocycles. The fourth-order valence-electron chi connectivity index (χ4n) is 1.39. The monoisotopic (exact) mass is 227 g/mol. The van der Waals surface area contributed by atoms with Gasteiger partial charge in [-0.15, -0.1) is 0 Å². The molecule has 1 aromatic carbocycles. The van der Waals surface area contributed by atoms with Gasteiger partial charge in [0.05, 0.1) is 12.6 Å². The highest BCUT2D eigenvalue weighted by molar-refractivity contribution is 5.44. The Labute approximate surface area is 91.8 Å². The topological polar surface area (TPSA) is 38.7 Å². The molecule has 0 saturated carbocycles. The van der Waals surface area contributed by atoms with E-state index in [9.17, 15) is 13.6 Å². The van der Waals surface area contributed by atoms with Crippen molar-refractivity contribution in [3.05, 3.63) is 29.3 Å². The third-order valence-corrected chi connectivity index (χ3v) is 2.24. The van der Waals surface area contributed by atoms with Crippen LogP contribution < -0.4 is 4.74 Å². The zero-order valence-corrected chi connectivity index (χ0v) is 9.17. The summed E-state index contributed by atoms with van der Waals surface area (Å²) in [4.78, 5) is 13.8. The number of methoxy groups -OCH3 is 1. The first kappa shape index (κ1) is 12.3. The Kier molecular flexibility index (Phi) is 3.40. The second kappa shape index (κ2) is 4.41. The summed E-state index contributed by atoms with van der Waals surface area (Å²) in [5.41, 5.74) is -0.723. The summed E-state index contributed by atoms with van der Waals surface area (Å²) in [6.07, 6.45) is 1.40. The molecule has 0 atom stereocenters. The van der Waals surface area contributed by atoms with E-state index < -0.39 is 17.2 Å². The Morgan fingerprint density at radius 1 is 1.38 bits per heavy atom. The molecule has 16 heavy (non-hydrogen) atoms. The molecule has 0 bridgehead atoms. The third kappa shape index (κ3) is 2.09. The van der Waals surface area contributed by atoms with Crippen LogP contribution in [0.4, 0.5) is 8.78 Å². The summed E-state index contributed by atoms with van der Waals surface area (Å²) < 4.78 is 31.1. The van der Waals surface area contributed by atoms with Crippen molar-refractivity contribution in [1.29, 1.82) is 0 Å². The quantitative estimate of drug-likeness (QED) is 0.588. The summed E-state index contributed by atoms with van der Waals surface area (Å²) in [5.74, 6) is -2.34. The van der Waals surface area contributed by atoms with Gasteiger partial charge in [0.2, 0.25) is 11.9 Å². The number of ether oxygens (including phenoxy) is 1. The van der Waals surface area contributed by atoms with Crippen LogP contribution in [-0.2, 0) is 10.3 Å². The summed E-state index contributed by atoms with van der Waals surface area (Å²) >= 11 is 0. The summed E-state index contributed by atoms with van der Waals surface area (Å²) in [6.45, 7) is 3.15. The lowest BCUT2D eigenvalue weighted by Gasteiger charge is -2.21. The van der Waals surface area contributed by atoms with Crippen LogP contribution in [-0.4, -0.2) is 13.2 Å². The van der Waals surface area contributed by atoms with Gasteiger partial charge in [-0.25, -0.2) is 9.18 Å². The molecule has 0 aromatic heterocycles. The highest BCUT2D eigenvalue weighted by Crippen LogP contribution is 2.35. The third-order valence-electron chi connectivity index (χ3n) is 2.24. The van der Waals surface area contributed by atoms with Crippen molar-refractivity contribution in [3.63, 3.8) is 0 Å². The highest BCUT2D eigenvalue weighted by atomic mass is 19.2. The minimum absolute atomic E-state index is 0.246. The number of isocyanates is 1. The van der Waals surface area contributed by atoms with Crippen LogP contribution in [0.3, 0.4) is 0 Å². The van der Waals surface area contributed by atoms with Crippen molar-refractivity contribution in [2.75, 3.05) is 7.11 Å². The Morgan fingerprint density at radius 3 is 2.50 bits per heavy atom. The normalized spacial score (nSPS) is 10.8. The van der Waals surface area contributed by atoms with E-state index in [2.05, 4.69) is 4.99 Å². The van der Waals surface area contributed by atoms with E-state index in [1.807, 2.05) is 0 Å². The lowest BCUT2D eigenvalue weighted by atomic mass is 9.94. The van der Waals surface area contributed by atoms with Gasteiger partial charge in [0.25, 0.3) is 0 Å². The number of halogens is 2. The fourth-order valence-corrected chi connectivity index (χ4v) is 1.39. The molecule has 0 N–H and O–H groups in total. The number of hydrogen-bond donors (Lipinski definition) is 0. The van der Waals surface area contributed by atoms with Crippen molar-refractivity contribution in [3.8, 4) is 5.75 Å². The van der Waals surface area contributed by atoms with Crippen molar-refractivity contribution in [2.45, 2.75) is 19.4 Å². The van der Waals surface area contributed by atoms with Crippen molar-refractivity contribution in [2.24, 2.45) is 4.99 Å². The molecule has 0 amide bonds. The predicted molar refractivity (Wildman–Crippen MR) is 54.1 cm³/mol. The maximum atomic E-state index is 13.4. The Balaban J connectivity index is 3.45. The molecular formula is C11H11F2NO2. The first-order valence-electron chi connectivity index (χ1n) is 4.55. The van der Waals surface area contributed by atoms with Gasteiger partial charge in [-0.3, -0.25) is 0 Å². The molecule has 0 aliphatic rings. The maximum Gasteiger partial charge on any atom is 0.235 e. The lowest BCUT2D eigenvalue weighted by molar-refractivity contribution is 0.355. The van der Waals surface area contributed by atoms with Gasteiger partial charge in [-0.05, 0) is 26.0 Å². The van der Waals surface area contributed by atoms with Crippen LogP contribution in [0.1, 0.15) is 19.4 Å². The first-order chi connectivity index (χ1) is 7.44. The average molecular weight is 227 g/mol. The van der Waals surface area contributed by atoms with Gasteiger partial charge in [0.1, 0.15) is 0 Å². The van der Waals surface area contributed by atoms with Crippen molar-refractivity contribution >= 4 is 6.08 Å². The first-order valence-corrected chi connectivity index (χ1v) is 4.55. The molecule has 1 rings (SSSR count). The number of hydrogen-bond acceptors (Lipinski definition) is 3. The number of nitrogens with zero attached hydrogens (tertiary/aromatic N) is 1. The molecule has 0 unspecified atom stereocenters. The summed E-state index contributed by atoms with van der Waals surface area (Å²) in [5, 5.41) is 0. The highest BCUT2D eigenvalue weighted by Gasteiger charge is 2.27. The number of benzene rings is 1. The molecular weight excluding hydrogens is 216 g/mol. The molecule has 0 aliphatic carbocycles. The van der Waals surface area contributed by atoms with E-state index in [1.54, 1.807) is 13.8 Å². The molecule has 0 saturated heterocycles. The van der Waals surface area contributed by atoms with Gasteiger partial charge in [0, 0.05) is 5.56 Å². The van der Waals surface area contributed by atoms with E-state index in [1.165, 1.54) is 19.3 Å². The largest absolute Gasteiger partial charge is 0.493 e. The Hall–Kier alpha value is -1.74. The van der Waals surface area contributed by atoms with Gasteiger partial charge >= 0.3 is 0 Å². The van der Waals surface area contributed by atoms with Crippen LogP contribution in [0.2, 0.25) is 0 Å². The standard InChI is InChI=1S/C11H11F2NO2/c1-11(2,14-6-15)7-4-5-8(12)9(13)10(7)16-3/h4-5H,1-3H3. The molecule has 0 aliphatic heterocycles. The fraction of sp³-hybridized carbons (Fsp3) is 0.364. The summed E-state index contributed by atoms with van der Waals surface area (Å²) in [7, 11) is 1.22. The molecule has 3 nitrogen and oxygen atoms in total. The van der Waals surface area contributed by atoms with Gasteiger partial charge < -0.3 is 4.74 Å². The molecule has 0 spiro atoms. The van der Waals surface area contributed by atoms with Crippen molar-refractivity contribution in [1.82, 2.24) is 0 Å². The zero-order valence-electron chi connectivity index (χ0n) is 9.17. The molecule has 0 fully saturated rings. The number of rotatable bonds is 3. The Morgan fingerprint density at radius 2 is 2.00 bits per heavy atom. The van der Waals surface area contributed by atoms with Crippen LogP contribution in [0.5, 0.6) is 5.75 Å². The van der Waals surface area contributed by atoms with E-state index in [0.717, 1.165) is 6.07 Å². The van der Waals surface area contributed by atoms with E-state index >= 15 is 0 Å². The molecule has 0 radical (unpaired) electrons. The summed E-state index contributed by atoms with van der Waals surface area (Å²) in [6, 6.07) is 2.30. The van der Waals surface area contributed by atoms with Gasteiger partial charge in [-0.2, -0.15) is 9.38 Å². The molecule has 86 valence electrons. The zero-order chi connectivity index (χ0) is 12.3. The van der Waals surface area contributed by atoms with E-state index in [4.69, 9.17) is 4.74 Å². The number of carbonyl (C=O) groups excluding carboxylic acids is 1. The van der Waals surface area contributed by atoms with Gasteiger partial charge in [0.15, 0.2) is 11.6 Å². The number of aliphatic imine (C=N–C) groups is 1. The second-order valence-electron chi connectivity index (χ2n) is 3.70.